The number of hydrogen-bond acceptors (Lipinski definition) is 3. The Labute approximate surface area is 129 Å². The molecule has 0 bridgehead atoms. The molecule has 0 aliphatic heterocycles. The van der Waals surface area contributed by atoms with Gasteiger partial charge in [0.05, 0.1) is 11.7 Å². The largest absolute Gasteiger partial charge is 0.325 e. The zero-order chi connectivity index (χ0) is 16.1. The number of hydrogen-bond donors (Lipinski definition) is 3. The highest BCUT2D eigenvalue weighted by Gasteiger charge is 2.22. The van der Waals surface area contributed by atoms with Crippen molar-refractivity contribution >= 4 is 23.2 Å². The SMILES string of the molecule is CC(N)C(=O)Nc1ccc(F)c(NC(=O)C2CCCCC2)c1. The van der Waals surface area contributed by atoms with Crippen LogP contribution in [0.2, 0.25) is 0 Å². The van der Waals surface area contributed by atoms with Gasteiger partial charge in [-0.05, 0) is 38.0 Å². The summed E-state index contributed by atoms with van der Waals surface area (Å²) in [6.45, 7) is 1.56. The van der Waals surface area contributed by atoms with Crippen LogP contribution in [0, 0.1) is 11.7 Å². The van der Waals surface area contributed by atoms with Crippen LogP contribution in [0.4, 0.5) is 15.8 Å². The molecule has 0 heterocycles. The monoisotopic (exact) mass is 307 g/mol. The molecular weight excluding hydrogens is 285 g/mol. The van der Waals surface area contributed by atoms with Crippen molar-refractivity contribution in [1.29, 1.82) is 0 Å². The number of amides is 2. The molecule has 1 aromatic rings. The number of anilines is 2. The second kappa shape index (κ2) is 7.35. The summed E-state index contributed by atoms with van der Waals surface area (Å²) in [6.07, 6.45) is 4.90. The van der Waals surface area contributed by atoms with Gasteiger partial charge < -0.3 is 16.4 Å². The van der Waals surface area contributed by atoms with Crippen LogP contribution in [0.1, 0.15) is 39.0 Å². The Kier molecular flexibility index (Phi) is 5.49. The molecular formula is C16H22FN3O2. The molecule has 2 amide bonds. The maximum atomic E-state index is 13.8. The van der Waals surface area contributed by atoms with Crippen molar-refractivity contribution in [3.63, 3.8) is 0 Å². The second-order valence-corrected chi connectivity index (χ2v) is 5.80. The molecule has 6 heteroatoms. The first-order valence-corrected chi connectivity index (χ1v) is 7.64. The lowest BCUT2D eigenvalue weighted by atomic mass is 9.88. The van der Waals surface area contributed by atoms with Gasteiger partial charge in [-0.15, -0.1) is 0 Å². The van der Waals surface area contributed by atoms with Crippen LogP contribution in [0.25, 0.3) is 0 Å². The Balaban J connectivity index is 2.06. The molecule has 0 spiro atoms. The molecule has 0 saturated heterocycles. The summed E-state index contributed by atoms with van der Waals surface area (Å²) in [7, 11) is 0. The van der Waals surface area contributed by atoms with Gasteiger partial charge in [0.25, 0.3) is 0 Å². The smallest absolute Gasteiger partial charge is 0.240 e. The maximum absolute atomic E-state index is 13.8. The van der Waals surface area contributed by atoms with Gasteiger partial charge in [-0.3, -0.25) is 9.59 Å². The van der Waals surface area contributed by atoms with Gasteiger partial charge in [-0.2, -0.15) is 0 Å². The van der Waals surface area contributed by atoms with Crippen molar-refractivity contribution in [3.8, 4) is 0 Å². The molecule has 1 fully saturated rings. The maximum Gasteiger partial charge on any atom is 0.240 e. The van der Waals surface area contributed by atoms with Crippen molar-refractivity contribution in [2.45, 2.75) is 45.1 Å². The highest BCUT2D eigenvalue weighted by atomic mass is 19.1. The van der Waals surface area contributed by atoms with Crippen LogP contribution in [-0.4, -0.2) is 17.9 Å². The van der Waals surface area contributed by atoms with E-state index in [-0.39, 0.29) is 23.4 Å². The highest BCUT2D eigenvalue weighted by Crippen LogP contribution is 2.26. The molecule has 0 aromatic heterocycles. The van der Waals surface area contributed by atoms with Crippen LogP contribution in [-0.2, 0) is 9.59 Å². The number of nitrogens with two attached hydrogens (primary N) is 1. The Morgan fingerprint density at radius 1 is 1.23 bits per heavy atom. The zero-order valence-electron chi connectivity index (χ0n) is 12.7. The summed E-state index contributed by atoms with van der Waals surface area (Å²) < 4.78 is 13.8. The number of rotatable bonds is 4. The molecule has 1 saturated carbocycles. The van der Waals surface area contributed by atoms with Crippen molar-refractivity contribution in [2.24, 2.45) is 11.7 Å². The van der Waals surface area contributed by atoms with E-state index in [0.29, 0.717) is 5.69 Å². The van der Waals surface area contributed by atoms with E-state index in [0.717, 1.165) is 32.1 Å². The molecule has 1 aliphatic carbocycles. The van der Waals surface area contributed by atoms with Crippen LogP contribution in [0.15, 0.2) is 18.2 Å². The van der Waals surface area contributed by atoms with E-state index >= 15 is 0 Å². The first-order valence-electron chi connectivity index (χ1n) is 7.64. The number of benzene rings is 1. The van der Waals surface area contributed by atoms with Gasteiger partial charge in [0.2, 0.25) is 11.8 Å². The second-order valence-electron chi connectivity index (χ2n) is 5.80. The number of halogens is 1. The van der Waals surface area contributed by atoms with Crippen molar-refractivity contribution in [2.75, 3.05) is 10.6 Å². The Hall–Kier alpha value is -1.95. The van der Waals surface area contributed by atoms with Crippen LogP contribution < -0.4 is 16.4 Å². The van der Waals surface area contributed by atoms with Crippen LogP contribution in [0.5, 0.6) is 0 Å². The molecule has 1 atom stereocenters. The van der Waals surface area contributed by atoms with E-state index < -0.39 is 11.9 Å². The summed E-state index contributed by atoms with van der Waals surface area (Å²) >= 11 is 0. The molecule has 1 unspecified atom stereocenters. The number of carbonyl (C=O) groups excluding carboxylic acids is 2. The molecule has 1 aromatic carbocycles. The Bertz CT molecular complexity index is 554. The van der Waals surface area contributed by atoms with E-state index in [2.05, 4.69) is 10.6 Å². The number of nitrogens with one attached hydrogen (secondary N) is 2. The van der Waals surface area contributed by atoms with E-state index in [9.17, 15) is 14.0 Å². The zero-order valence-corrected chi connectivity index (χ0v) is 12.7. The molecule has 120 valence electrons. The van der Waals surface area contributed by atoms with E-state index in [1.165, 1.54) is 18.2 Å². The van der Waals surface area contributed by atoms with Crippen LogP contribution >= 0.6 is 0 Å². The molecule has 0 radical (unpaired) electrons. The Morgan fingerprint density at radius 2 is 1.91 bits per heavy atom. The average Bonchev–Trinajstić information content (AvgIpc) is 2.51. The fraction of sp³-hybridized carbons (Fsp3) is 0.500. The summed E-state index contributed by atoms with van der Waals surface area (Å²) in [6, 6.07) is 3.40. The minimum atomic E-state index is -0.662. The summed E-state index contributed by atoms with van der Waals surface area (Å²) in [4.78, 5) is 23.7. The van der Waals surface area contributed by atoms with Crippen molar-refractivity contribution in [3.05, 3.63) is 24.0 Å². The predicted octanol–water partition coefficient (Wildman–Crippen LogP) is 2.63. The molecule has 1 aliphatic rings. The lowest BCUT2D eigenvalue weighted by Gasteiger charge is -2.21. The predicted molar refractivity (Wildman–Crippen MR) is 83.9 cm³/mol. The van der Waals surface area contributed by atoms with Crippen LogP contribution in [0.3, 0.4) is 0 Å². The lowest BCUT2D eigenvalue weighted by Crippen LogP contribution is -2.32. The number of carbonyl (C=O) groups is 2. The molecule has 5 nitrogen and oxygen atoms in total. The third-order valence-electron chi connectivity index (χ3n) is 3.88. The fourth-order valence-electron chi connectivity index (χ4n) is 2.55. The van der Waals surface area contributed by atoms with E-state index in [4.69, 9.17) is 5.73 Å². The average molecular weight is 307 g/mol. The van der Waals surface area contributed by atoms with Gasteiger partial charge in [-0.25, -0.2) is 4.39 Å². The summed E-state index contributed by atoms with van der Waals surface area (Å²) in [5.41, 5.74) is 5.96. The third kappa shape index (κ3) is 4.27. The first kappa shape index (κ1) is 16.4. The van der Waals surface area contributed by atoms with E-state index in [1.807, 2.05) is 0 Å². The quantitative estimate of drug-likeness (QED) is 0.799. The first-order chi connectivity index (χ1) is 10.5. The fourth-order valence-corrected chi connectivity index (χ4v) is 2.55. The van der Waals surface area contributed by atoms with Gasteiger partial charge in [0.15, 0.2) is 0 Å². The molecule has 4 N–H and O–H groups in total. The summed E-state index contributed by atoms with van der Waals surface area (Å²) in [5, 5.41) is 5.21. The molecule has 22 heavy (non-hydrogen) atoms. The topological polar surface area (TPSA) is 84.2 Å². The molecule has 2 rings (SSSR count). The van der Waals surface area contributed by atoms with Gasteiger partial charge >= 0.3 is 0 Å². The standard InChI is InChI=1S/C16H22FN3O2/c1-10(18)15(21)19-12-7-8-13(17)14(9-12)20-16(22)11-5-3-2-4-6-11/h7-11H,2-6,18H2,1H3,(H,19,21)(H,20,22). The van der Waals surface area contributed by atoms with E-state index in [1.54, 1.807) is 6.92 Å². The van der Waals surface area contributed by atoms with Crippen molar-refractivity contribution in [1.82, 2.24) is 0 Å². The third-order valence-corrected chi connectivity index (χ3v) is 3.88. The minimum absolute atomic E-state index is 0.0598. The van der Waals surface area contributed by atoms with Gasteiger partial charge in [0, 0.05) is 11.6 Å². The van der Waals surface area contributed by atoms with Gasteiger partial charge in [0.1, 0.15) is 5.82 Å². The normalized spacial score (nSPS) is 16.9. The summed E-state index contributed by atoms with van der Waals surface area (Å²) in [5.74, 6) is -1.11. The Morgan fingerprint density at radius 3 is 2.55 bits per heavy atom. The lowest BCUT2D eigenvalue weighted by molar-refractivity contribution is -0.120. The van der Waals surface area contributed by atoms with Gasteiger partial charge in [-0.1, -0.05) is 19.3 Å². The highest BCUT2D eigenvalue weighted by molar-refractivity contribution is 5.96. The van der Waals surface area contributed by atoms with Crippen molar-refractivity contribution < 1.29 is 14.0 Å². The minimum Gasteiger partial charge on any atom is -0.325 e.